The lowest BCUT2D eigenvalue weighted by molar-refractivity contribution is 0.312. The topological polar surface area (TPSA) is 41.3 Å². The quantitative estimate of drug-likeness (QED) is 0.885. The monoisotopic (exact) mass is 281 g/mol. The van der Waals surface area contributed by atoms with Gasteiger partial charge in [-0.3, -0.25) is 4.90 Å². The van der Waals surface area contributed by atoms with Crippen molar-refractivity contribution < 1.29 is 0 Å². The first-order chi connectivity index (χ1) is 10.3. The zero-order valence-corrected chi connectivity index (χ0v) is 12.3. The Morgan fingerprint density at radius 1 is 1.00 bits per heavy atom. The lowest BCUT2D eigenvalue weighted by Crippen LogP contribution is -2.47. The van der Waals surface area contributed by atoms with Crippen LogP contribution in [0.25, 0.3) is 0 Å². The van der Waals surface area contributed by atoms with Crippen molar-refractivity contribution in [1.29, 1.82) is 0 Å². The van der Waals surface area contributed by atoms with Gasteiger partial charge in [0, 0.05) is 31.9 Å². The minimum absolute atomic E-state index is 0.00384. The SMILES string of the molecule is NCC1(Nc2ccccc2)CCN(Cc2ccccc2)C1. The van der Waals surface area contributed by atoms with Crippen LogP contribution in [-0.4, -0.2) is 30.1 Å². The van der Waals surface area contributed by atoms with Gasteiger partial charge >= 0.3 is 0 Å². The molecule has 1 saturated heterocycles. The van der Waals surface area contributed by atoms with E-state index in [0.29, 0.717) is 6.54 Å². The van der Waals surface area contributed by atoms with Gasteiger partial charge in [-0.25, -0.2) is 0 Å². The highest BCUT2D eigenvalue weighted by atomic mass is 15.2. The van der Waals surface area contributed by atoms with Crippen molar-refractivity contribution in [3.8, 4) is 0 Å². The van der Waals surface area contributed by atoms with Crippen molar-refractivity contribution in [3.05, 3.63) is 66.2 Å². The molecule has 3 nitrogen and oxygen atoms in total. The van der Waals surface area contributed by atoms with Crippen LogP contribution in [0.4, 0.5) is 5.69 Å². The summed E-state index contributed by atoms with van der Waals surface area (Å²) in [5.41, 5.74) is 8.60. The van der Waals surface area contributed by atoms with Crippen molar-refractivity contribution >= 4 is 5.69 Å². The van der Waals surface area contributed by atoms with Gasteiger partial charge in [0.2, 0.25) is 0 Å². The summed E-state index contributed by atoms with van der Waals surface area (Å²) in [5.74, 6) is 0. The second-order valence-corrected chi connectivity index (χ2v) is 5.92. The Morgan fingerprint density at radius 2 is 1.67 bits per heavy atom. The molecular formula is C18H23N3. The van der Waals surface area contributed by atoms with E-state index in [9.17, 15) is 0 Å². The number of nitrogens with one attached hydrogen (secondary N) is 1. The van der Waals surface area contributed by atoms with Crippen molar-refractivity contribution in [3.63, 3.8) is 0 Å². The molecule has 0 radical (unpaired) electrons. The zero-order chi connectivity index (χ0) is 14.5. The molecule has 110 valence electrons. The Kier molecular flexibility index (Phi) is 4.23. The number of benzene rings is 2. The molecule has 2 aromatic rings. The maximum Gasteiger partial charge on any atom is 0.0634 e. The zero-order valence-electron chi connectivity index (χ0n) is 12.3. The van der Waals surface area contributed by atoms with Crippen molar-refractivity contribution in [2.75, 3.05) is 25.0 Å². The molecule has 1 aliphatic rings. The van der Waals surface area contributed by atoms with Crippen LogP contribution in [-0.2, 0) is 6.54 Å². The molecule has 1 heterocycles. The molecule has 0 aromatic heterocycles. The van der Waals surface area contributed by atoms with Gasteiger partial charge in [-0.2, -0.15) is 0 Å². The molecule has 1 unspecified atom stereocenters. The summed E-state index contributed by atoms with van der Waals surface area (Å²) >= 11 is 0. The third kappa shape index (κ3) is 3.43. The Hall–Kier alpha value is -1.84. The summed E-state index contributed by atoms with van der Waals surface area (Å²) in [6.07, 6.45) is 1.09. The summed E-state index contributed by atoms with van der Waals surface area (Å²) < 4.78 is 0. The highest BCUT2D eigenvalue weighted by Gasteiger charge is 2.36. The number of hydrogen-bond donors (Lipinski definition) is 2. The van der Waals surface area contributed by atoms with Crippen molar-refractivity contribution in [2.45, 2.75) is 18.5 Å². The van der Waals surface area contributed by atoms with E-state index in [2.05, 4.69) is 64.8 Å². The van der Waals surface area contributed by atoms with Crippen LogP contribution in [0, 0.1) is 0 Å². The predicted molar refractivity (Wildman–Crippen MR) is 88.2 cm³/mol. The van der Waals surface area contributed by atoms with Crippen LogP contribution in [0.15, 0.2) is 60.7 Å². The van der Waals surface area contributed by atoms with Gasteiger partial charge in [0.05, 0.1) is 5.54 Å². The average molecular weight is 281 g/mol. The van der Waals surface area contributed by atoms with E-state index >= 15 is 0 Å². The molecule has 1 aliphatic heterocycles. The number of para-hydroxylation sites is 1. The molecule has 3 heteroatoms. The number of nitrogens with two attached hydrogens (primary N) is 1. The van der Waals surface area contributed by atoms with Crippen LogP contribution in [0.3, 0.4) is 0 Å². The van der Waals surface area contributed by atoms with Gasteiger partial charge in [0.1, 0.15) is 0 Å². The van der Waals surface area contributed by atoms with Gasteiger partial charge in [0.15, 0.2) is 0 Å². The highest BCUT2D eigenvalue weighted by Crippen LogP contribution is 2.26. The molecule has 1 fully saturated rings. The van der Waals surface area contributed by atoms with Crippen molar-refractivity contribution in [1.82, 2.24) is 4.90 Å². The largest absolute Gasteiger partial charge is 0.377 e. The maximum atomic E-state index is 6.08. The van der Waals surface area contributed by atoms with Gasteiger partial charge in [-0.15, -0.1) is 0 Å². The Morgan fingerprint density at radius 3 is 2.33 bits per heavy atom. The molecule has 21 heavy (non-hydrogen) atoms. The minimum Gasteiger partial charge on any atom is -0.377 e. The highest BCUT2D eigenvalue weighted by molar-refractivity contribution is 5.46. The molecule has 0 aliphatic carbocycles. The van der Waals surface area contributed by atoms with Crippen molar-refractivity contribution in [2.24, 2.45) is 5.73 Å². The Bertz CT molecular complexity index is 555. The molecule has 3 rings (SSSR count). The number of rotatable bonds is 5. The lowest BCUT2D eigenvalue weighted by Gasteiger charge is -2.30. The van der Waals surface area contributed by atoms with Crippen LogP contribution >= 0.6 is 0 Å². The van der Waals surface area contributed by atoms with Gasteiger partial charge < -0.3 is 11.1 Å². The fraction of sp³-hybridized carbons (Fsp3) is 0.333. The number of hydrogen-bond acceptors (Lipinski definition) is 3. The molecular weight excluding hydrogens is 258 g/mol. The van der Waals surface area contributed by atoms with Crippen LogP contribution < -0.4 is 11.1 Å². The van der Waals surface area contributed by atoms with Gasteiger partial charge in [-0.1, -0.05) is 48.5 Å². The molecule has 0 bridgehead atoms. The van der Waals surface area contributed by atoms with Gasteiger partial charge in [0.25, 0.3) is 0 Å². The van der Waals surface area contributed by atoms with E-state index in [0.717, 1.165) is 31.7 Å². The van der Waals surface area contributed by atoms with E-state index < -0.39 is 0 Å². The fourth-order valence-electron chi connectivity index (χ4n) is 3.08. The second kappa shape index (κ2) is 6.29. The summed E-state index contributed by atoms with van der Waals surface area (Å²) in [4.78, 5) is 2.48. The van der Waals surface area contributed by atoms with Crippen LogP contribution in [0.5, 0.6) is 0 Å². The standard InChI is InChI=1S/C18H23N3/c19-14-18(20-17-9-5-2-6-10-17)11-12-21(15-18)13-16-7-3-1-4-8-16/h1-10,20H,11-15,19H2. The third-order valence-electron chi connectivity index (χ3n) is 4.26. The van der Waals surface area contributed by atoms with Crippen LogP contribution in [0.1, 0.15) is 12.0 Å². The van der Waals surface area contributed by atoms with E-state index in [1.807, 2.05) is 6.07 Å². The number of anilines is 1. The second-order valence-electron chi connectivity index (χ2n) is 5.92. The normalized spacial score (nSPS) is 22.3. The van der Waals surface area contributed by atoms with Crippen LogP contribution in [0.2, 0.25) is 0 Å². The van der Waals surface area contributed by atoms with E-state index in [-0.39, 0.29) is 5.54 Å². The fourth-order valence-corrected chi connectivity index (χ4v) is 3.08. The smallest absolute Gasteiger partial charge is 0.0634 e. The first-order valence-electron chi connectivity index (χ1n) is 7.59. The van der Waals surface area contributed by atoms with E-state index in [1.54, 1.807) is 0 Å². The van der Waals surface area contributed by atoms with E-state index in [4.69, 9.17) is 5.73 Å². The first kappa shape index (κ1) is 14.1. The Balaban J connectivity index is 1.65. The molecule has 0 spiro atoms. The predicted octanol–water partition coefficient (Wildman–Crippen LogP) is 2.70. The summed E-state index contributed by atoms with van der Waals surface area (Å²) in [6, 6.07) is 21.0. The molecule has 0 saturated carbocycles. The molecule has 3 N–H and O–H groups in total. The maximum absolute atomic E-state index is 6.08. The lowest BCUT2D eigenvalue weighted by atomic mass is 9.98. The van der Waals surface area contributed by atoms with Gasteiger partial charge in [-0.05, 0) is 24.1 Å². The summed E-state index contributed by atoms with van der Waals surface area (Å²) in [6.45, 7) is 3.74. The first-order valence-corrected chi connectivity index (χ1v) is 7.59. The Labute approximate surface area is 126 Å². The molecule has 1 atom stereocenters. The average Bonchev–Trinajstić information content (AvgIpc) is 2.93. The summed E-state index contributed by atoms with van der Waals surface area (Å²) in [5, 5.41) is 3.65. The molecule has 0 amide bonds. The van der Waals surface area contributed by atoms with E-state index in [1.165, 1.54) is 5.56 Å². The third-order valence-corrected chi connectivity index (χ3v) is 4.26. The minimum atomic E-state index is -0.00384. The summed E-state index contributed by atoms with van der Waals surface area (Å²) in [7, 11) is 0. The number of likely N-dealkylation sites (tertiary alicyclic amines) is 1. The molecule has 2 aromatic carbocycles. The number of nitrogens with zero attached hydrogens (tertiary/aromatic N) is 1.